The number of aryl methyl sites for hydroxylation is 1. The zero-order valence-corrected chi connectivity index (χ0v) is 18.2. The minimum atomic E-state index is -0.000776. The lowest BCUT2D eigenvalue weighted by Crippen LogP contribution is -2.39. The van der Waals surface area contributed by atoms with Crippen molar-refractivity contribution in [2.45, 2.75) is 46.2 Å². The lowest BCUT2D eigenvalue weighted by Gasteiger charge is -2.27. The van der Waals surface area contributed by atoms with Crippen molar-refractivity contribution in [2.75, 3.05) is 6.61 Å². The predicted octanol–water partition coefficient (Wildman–Crippen LogP) is 6.18. The highest BCUT2D eigenvalue weighted by atomic mass is 32.1. The number of benzene rings is 2. The summed E-state index contributed by atoms with van der Waals surface area (Å²) in [5.74, 6) is 0.737. The van der Waals surface area contributed by atoms with E-state index in [-0.39, 0.29) is 18.6 Å². The molecule has 0 saturated carbocycles. The van der Waals surface area contributed by atoms with Gasteiger partial charge in [-0.3, -0.25) is 4.79 Å². The van der Waals surface area contributed by atoms with Gasteiger partial charge in [0.15, 0.2) is 6.61 Å². The predicted molar refractivity (Wildman–Crippen MR) is 121 cm³/mol. The van der Waals surface area contributed by atoms with Crippen molar-refractivity contribution in [1.82, 2.24) is 4.90 Å². The molecule has 3 nitrogen and oxygen atoms in total. The Kier molecular flexibility index (Phi) is 7.48. The van der Waals surface area contributed by atoms with E-state index in [2.05, 4.69) is 60.8 Å². The van der Waals surface area contributed by atoms with Crippen LogP contribution in [0.5, 0.6) is 5.75 Å². The monoisotopic (exact) mass is 407 g/mol. The fourth-order valence-electron chi connectivity index (χ4n) is 3.29. The van der Waals surface area contributed by atoms with E-state index in [0.717, 1.165) is 24.2 Å². The SMILES string of the molecule is CCCc1ccc(OCC(=O)N(Cc2cccc(-c3cccs3)c2)C(C)C)cc1. The minimum Gasteiger partial charge on any atom is -0.484 e. The standard InChI is InChI=1S/C25H29NO2S/c1-4-7-20-11-13-23(14-12-20)28-18-25(27)26(19(2)3)17-21-8-5-9-22(16-21)24-10-6-15-29-24/h5-6,8-16,19H,4,7,17-18H2,1-3H3. The third-order valence-electron chi connectivity index (χ3n) is 4.85. The molecule has 3 aromatic rings. The van der Waals surface area contributed by atoms with Crippen molar-refractivity contribution < 1.29 is 9.53 Å². The van der Waals surface area contributed by atoms with Gasteiger partial charge in [0, 0.05) is 17.5 Å². The Morgan fingerprint density at radius 1 is 1.03 bits per heavy atom. The van der Waals surface area contributed by atoms with Crippen LogP contribution in [-0.4, -0.2) is 23.5 Å². The van der Waals surface area contributed by atoms with E-state index in [0.29, 0.717) is 6.54 Å². The molecule has 0 N–H and O–H groups in total. The summed E-state index contributed by atoms with van der Waals surface area (Å²) in [7, 11) is 0. The highest BCUT2D eigenvalue weighted by Crippen LogP contribution is 2.26. The number of ether oxygens (including phenoxy) is 1. The van der Waals surface area contributed by atoms with Gasteiger partial charge < -0.3 is 9.64 Å². The number of carbonyl (C=O) groups excluding carboxylic acids is 1. The van der Waals surface area contributed by atoms with Crippen LogP contribution in [0.3, 0.4) is 0 Å². The maximum atomic E-state index is 12.8. The van der Waals surface area contributed by atoms with E-state index < -0.39 is 0 Å². The van der Waals surface area contributed by atoms with Crippen molar-refractivity contribution in [2.24, 2.45) is 0 Å². The van der Waals surface area contributed by atoms with Gasteiger partial charge in [-0.1, -0.05) is 49.7 Å². The van der Waals surface area contributed by atoms with Crippen LogP contribution in [-0.2, 0) is 17.8 Å². The summed E-state index contributed by atoms with van der Waals surface area (Å²) in [5.41, 5.74) is 3.61. The second-order valence-electron chi connectivity index (χ2n) is 7.48. The lowest BCUT2D eigenvalue weighted by molar-refractivity contribution is -0.135. The Labute approximate surface area is 178 Å². The summed E-state index contributed by atoms with van der Waals surface area (Å²) in [4.78, 5) is 16.0. The van der Waals surface area contributed by atoms with Crippen LogP contribution in [0.2, 0.25) is 0 Å². The summed E-state index contributed by atoms with van der Waals surface area (Å²) in [6.45, 7) is 6.88. The molecule has 1 amide bonds. The van der Waals surface area contributed by atoms with Crippen molar-refractivity contribution in [1.29, 1.82) is 0 Å². The first-order chi connectivity index (χ1) is 14.1. The normalized spacial score (nSPS) is 10.9. The first kappa shape index (κ1) is 21.1. The van der Waals surface area contributed by atoms with E-state index >= 15 is 0 Å². The number of nitrogens with zero attached hydrogens (tertiary/aromatic N) is 1. The Balaban J connectivity index is 1.63. The van der Waals surface area contributed by atoms with Gasteiger partial charge in [-0.15, -0.1) is 11.3 Å². The fraction of sp³-hybridized carbons (Fsp3) is 0.320. The molecule has 2 aromatic carbocycles. The minimum absolute atomic E-state index is 0.000776. The number of carbonyl (C=O) groups is 1. The molecule has 0 bridgehead atoms. The summed E-state index contributed by atoms with van der Waals surface area (Å²) in [6.07, 6.45) is 2.18. The summed E-state index contributed by atoms with van der Waals surface area (Å²) < 4.78 is 5.76. The van der Waals surface area contributed by atoms with Crippen molar-refractivity contribution in [3.05, 3.63) is 77.2 Å². The van der Waals surface area contributed by atoms with E-state index in [1.165, 1.54) is 16.0 Å². The van der Waals surface area contributed by atoms with Crippen molar-refractivity contribution in [3.8, 4) is 16.2 Å². The molecule has 0 radical (unpaired) electrons. The van der Waals surface area contributed by atoms with Gasteiger partial charge in [-0.2, -0.15) is 0 Å². The Morgan fingerprint density at radius 2 is 1.83 bits per heavy atom. The summed E-state index contributed by atoms with van der Waals surface area (Å²) >= 11 is 1.73. The van der Waals surface area contributed by atoms with Gasteiger partial charge in [0.1, 0.15) is 5.75 Å². The van der Waals surface area contributed by atoms with Crippen LogP contribution in [0.25, 0.3) is 10.4 Å². The van der Waals surface area contributed by atoms with Crippen molar-refractivity contribution >= 4 is 17.2 Å². The smallest absolute Gasteiger partial charge is 0.261 e. The van der Waals surface area contributed by atoms with E-state index in [1.54, 1.807) is 11.3 Å². The van der Waals surface area contributed by atoms with Gasteiger partial charge in [0.25, 0.3) is 5.91 Å². The van der Waals surface area contributed by atoms with E-state index in [9.17, 15) is 4.79 Å². The third kappa shape index (κ3) is 5.94. The number of amides is 1. The third-order valence-corrected chi connectivity index (χ3v) is 5.77. The van der Waals surface area contributed by atoms with Gasteiger partial charge in [-0.25, -0.2) is 0 Å². The molecule has 0 atom stereocenters. The average Bonchev–Trinajstić information content (AvgIpc) is 3.26. The molecule has 3 rings (SSSR count). The molecular formula is C25H29NO2S. The van der Waals surface area contributed by atoms with E-state index in [1.807, 2.05) is 30.9 Å². The van der Waals surface area contributed by atoms with Crippen LogP contribution in [0, 0.1) is 0 Å². The number of rotatable bonds is 9. The van der Waals surface area contributed by atoms with Gasteiger partial charge in [-0.05, 0) is 66.6 Å². The van der Waals surface area contributed by atoms with Crippen LogP contribution in [0.15, 0.2) is 66.0 Å². The maximum absolute atomic E-state index is 12.8. The molecule has 0 aliphatic rings. The number of hydrogen-bond donors (Lipinski definition) is 0. The molecule has 0 saturated heterocycles. The molecule has 152 valence electrons. The zero-order valence-electron chi connectivity index (χ0n) is 17.4. The second kappa shape index (κ2) is 10.3. The largest absolute Gasteiger partial charge is 0.484 e. The highest BCUT2D eigenvalue weighted by Gasteiger charge is 2.18. The van der Waals surface area contributed by atoms with Gasteiger partial charge in [0.2, 0.25) is 0 Å². The summed E-state index contributed by atoms with van der Waals surface area (Å²) in [6, 6.07) is 20.7. The first-order valence-corrected chi connectivity index (χ1v) is 11.1. The molecule has 1 aromatic heterocycles. The molecule has 0 aliphatic carbocycles. The van der Waals surface area contributed by atoms with Gasteiger partial charge >= 0.3 is 0 Å². The Bertz CT molecular complexity index is 901. The zero-order chi connectivity index (χ0) is 20.6. The fourth-order valence-corrected chi connectivity index (χ4v) is 4.01. The topological polar surface area (TPSA) is 29.5 Å². The molecule has 0 spiro atoms. The molecule has 4 heteroatoms. The molecule has 29 heavy (non-hydrogen) atoms. The second-order valence-corrected chi connectivity index (χ2v) is 8.42. The number of hydrogen-bond acceptors (Lipinski definition) is 3. The van der Waals surface area contributed by atoms with Crippen LogP contribution in [0.1, 0.15) is 38.3 Å². The lowest BCUT2D eigenvalue weighted by atomic mass is 10.1. The molecule has 0 aliphatic heterocycles. The Morgan fingerprint density at radius 3 is 2.48 bits per heavy atom. The molecule has 0 unspecified atom stereocenters. The maximum Gasteiger partial charge on any atom is 0.261 e. The Hall–Kier alpha value is -2.59. The first-order valence-electron chi connectivity index (χ1n) is 10.2. The highest BCUT2D eigenvalue weighted by molar-refractivity contribution is 7.13. The van der Waals surface area contributed by atoms with Crippen LogP contribution >= 0.6 is 11.3 Å². The summed E-state index contributed by atoms with van der Waals surface area (Å²) in [5, 5.41) is 2.08. The van der Waals surface area contributed by atoms with Crippen molar-refractivity contribution in [3.63, 3.8) is 0 Å². The number of thiophene rings is 1. The molecule has 0 fully saturated rings. The van der Waals surface area contributed by atoms with Crippen LogP contribution in [0.4, 0.5) is 0 Å². The molecular weight excluding hydrogens is 378 g/mol. The average molecular weight is 408 g/mol. The quantitative estimate of drug-likeness (QED) is 0.424. The molecule has 1 heterocycles. The van der Waals surface area contributed by atoms with Crippen LogP contribution < -0.4 is 4.74 Å². The van der Waals surface area contributed by atoms with E-state index in [4.69, 9.17) is 4.74 Å². The van der Waals surface area contributed by atoms with Gasteiger partial charge in [0.05, 0.1) is 0 Å².